The molecule has 0 heterocycles. The smallest absolute Gasteiger partial charge is 0.306 e. The van der Waals surface area contributed by atoms with Gasteiger partial charge in [0, 0.05) is 12.8 Å². The highest BCUT2D eigenvalue weighted by Gasteiger charge is 2.21. The van der Waals surface area contributed by atoms with Crippen molar-refractivity contribution in [2.45, 2.75) is 174 Å². The van der Waals surface area contributed by atoms with Gasteiger partial charge in [-0.25, -0.2) is 0 Å². The summed E-state index contributed by atoms with van der Waals surface area (Å²) >= 11 is 0. The molecule has 0 aromatic carbocycles. The van der Waals surface area contributed by atoms with Crippen LogP contribution in [0.4, 0.5) is 0 Å². The van der Waals surface area contributed by atoms with Crippen LogP contribution < -0.4 is 4.89 Å². The third-order valence-electron chi connectivity index (χ3n) is 10.7. The lowest BCUT2D eigenvalue weighted by Crippen LogP contribution is -2.37. The molecule has 0 aliphatic carbocycles. The molecule has 0 saturated heterocycles. The minimum atomic E-state index is -4.67. The molecule has 0 aliphatic heterocycles. The molecule has 74 heavy (non-hydrogen) atoms. The van der Waals surface area contributed by atoms with Gasteiger partial charge < -0.3 is 27.9 Å². The van der Waals surface area contributed by atoms with Gasteiger partial charge in [0.15, 0.2) is 6.10 Å². The summed E-state index contributed by atoms with van der Waals surface area (Å²) in [6.07, 6.45) is 81.1. The quantitative estimate of drug-likeness (QED) is 0.0195. The summed E-state index contributed by atoms with van der Waals surface area (Å²) in [7, 11) is 1.08. The molecule has 0 amide bonds. The van der Waals surface area contributed by atoms with E-state index in [0.29, 0.717) is 30.3 Å². The fourth-order valence-corrected chi connectivity index (χ4v) is 7.23. The van der Waals surface area contributed by atoms with E-state index in [1.807, 2.05) is 27.2 Å². The molecule has 9 nitrogen and oxygen atoms in total. The first-order valence-corrected chi connectivity index (χ1v) is 29.3. The largest absolute Gasteiger partial charge is 0.756 e. The van der Waals surface area contributed by atoms with Gasteiger partial charge in [0.2, 0.25) is 0 Å². The molecule has 2 atom stereocenters. The van der Waals surface area contributed by atoms with Gasteiger partial charge in [0.1, 0.15) is 19.8 Å². The minimum Gasteiger partial charge on any atom is -0.756 e. The highest BCUT2D eigenvalue weighted by atomic mass is 31.2. The molecule has 0 N–H and O–H groups in total. The van der Waals surface area contributed by atoms with Gasteiger partial charge in [-0.15, -0.1) is 0 Å². The van der Waals surface area contributed by atoms with E-state index < -0.39 is 32.5 Å². The number of unbranched alkanes of at least 4 members (excludes halogenated alkanes) is 6. The number of likely N-dealkylation sites (N-methyl/N-ethyl adjacent to an activating group) is 1. The van der Waals surface area contributed by atoms with E-state index >= 15 is 0 Å². The molecule has 0 bridgehead atoms. The lowest BCUT2D eigenvalue weighted by atomic mass is 10.1. The highest BCUT2D eigenvalue weighted by molar-refractivity contribution is 7.45. The van der Waals surface area contributed by atoms with Crippen LogP contribution in [-0.4, -0.2) is 70.0 Å². The van der Waals surface area contributed by atoms with E-state index in [2.05, 4.69) is 178 Å². The van der Waals surface area contributed by atoms with Gasteiger partial charge in [-0.3, -0.25) is 14.2 Å². The van der Waals surface area contributed by atoms with Crippen LogP contribution in [0.3, 0.4) is 0 Å². The second kappa shape index (κ2) is 53.2. The SMILES string of the molecule is CC/C=C\C/C=C\C/C=C\C/C=C\C/C=C\C/C=C\C/C=C\C/C=C\C/C=C\CCCC(=O)OC(COC(=O)CCCCCCC/C=C\C/C=C\C/C=C\C/C=C\C/C=C\CC)COP(=O)([O-])OCC[N+](C)(C)C. The summed E-state index contributed by atoms with van der Waals surface area (Å²) < 4.78 is 34.0. The summed E-state index contributed by atoms with van der Waals surface area (Å²) in [6.45, 7) is 3.88. The third kappa shape index (κ3) is 56.7. The van der Waals surface area contributed by atoms with Gasteiger partial charge in [0.05, 0.1) is 27.7 Å². The highest BCUT2D eigenvalue weighted by Crippen LogP contribution is 2.38. The van der Waals surface area contributed by atoms with Gasteiger partial charge in [-0.05, 0) is 122 Å². The molecule has 0 spiro atoms. The standard InChI is InChI=1S/C64H100NO8P/c1-6-8-10-12-14-16-18-20-22-24-26-28-29-30-31-32-33-34-35-37-39-41-43-45-47-49-51-53-55-57-64(67)73-62(61-72-74(68,69)71-59-58-65(3,4)5)60-70-63(66)56-54-52-50-48-46-44-42-40-38-36-27-25-23-21-19-17-15-13-11-9-7-2/h8-11,14-17,20-23,26-28,30-31,33-34,36-37,39-40,42-43,45,49,51,62H,6-7,12-13,18-19,24-25,29,32,35,38,41,44,46-48,50,52-61H2,1-5H3/b10-8-,11-9-,16-14-,17-15-,22-20-,23-21-,28-26-,31-30-,34-33-,36-27-,39-37-,42-40-,45-43-,51-49-. The first-order valence-electron chi connectivity index (χ1n) is 27.8. The molecule has 0 aliphatic rings. The molecule has 0 radical (unpaired) electrons. The molecule has 0 saturated carbocycles. The van der Waals surface area contributed by atoms with Crippen molar-refractivity contribution in [3.63, 3.8) is 0 Å². The number of hydrogen-bond donors (Lipinski definition) is 0. The Morgan fingerprint density at radius 3 is 1.12 bits per heavy atom. The van der Waals surface area contributed by atoms with Crippen LogP contribution in [0.5, 0.6) is 0 Å². The van der Waals surface area contributed by atoms with Crippen molar-refractivity contribution in [1.29, 1.82) is 0 Å². The first-order chi connectivity index (χ1) is 36.0. The zero-order chi connectivity index (χ0) is 54.2. The van der Waals surface area contributed by atoms with Crippen LogP contribution in [0.25, 0.3) is 0 Å². The normalized spacial score (nSPS) is 14.6. The Labute approximate surface area is 451 Å². The Morgan fingerprint density at radius 1 is 0.419 bits per heavy atom. The van der Waals surface area contributed by atoms with E-state index in [1.54, 1.807) is 0 Å². The topological polar surface area (TPSA) is 111 Å². The van der Waals surface area contributed by atoms with Crippen LogP contribution >= 0.6 is 7.82 Å². The fourth-order valence-electron chi connectivity index (χ4n) is 6.50. The molecule has 0 aromatic rings. The maximum absolute atomic E-state index is 12.8. The molecule has 0 rings (SSSR count). The second-order valence-corrected chi connectivity index (χ2v) is 20.2. The lowest BCUT2D eigenvalue weighted by Gasteiger charge is -2.28. The molecular formula is C64H100NO8P. The van der Waals surface area contributed by atoms with Crippen molar-refractivity contribution in [3.05, 3.63) is 170 Å². The van der Waals surface area contributed by atoms with Crippen molar-refractivity contribution in [1.82, 2.24) is 0 Å². The van der Waals surface area contributed by atoms with E-state index in [0.717, 1.165) is 122 Å². The third-order valence-corrected chi connectivity index (χ3v) is 11.7. The first kappa shape index (κ1) is 69.4. The van der Waals surface area contributed by atoms with Crippen LogP contribution in [0.2, 0.25) is 0 Å². The number of rotatable bonds is 48. The van der Waals surface area contributed by atoms with Gasteiger partial charge in [-0.2, -0.15) is 0 Å². The zero-order valence-electron chi connectivity index (χ0n) is 46.7. The molecule has 2 unspecified atom stereocenters. The van der Waals surface area contributed by atoms with Crippen molar-refractivity contribution in [2.24, 2.45) is 0 Å². The monoisotopic (exact) mass is 1040 g/mol. The molecule has 10 heteroatoms. The molecule has 0 aromatic heterocycles. The molecular weight excluding hydrogens is 942 g/mol. The zero-order valence-corrected chi connectivity index (χ0v) is 47.6. The number of hydrogen-bond acceptors (Lipinski definition) is 8. The fraction of sp³-hybridized carbons (Fsp3) is 0.531. The summed E-state index contributed by atoms with van der Waals surface area (Å²) in [4.78, 5) is 37.8. The van der Waals surface area contributed by atoms with E-state index in [-0.39, 0.29) is 26.1 Å². The molecule has 0 fully saturated rings. The number of nitrogens with zero attached hydrogens (tertiary/aromatic N) is 1. The molecule has 414 valence electrons. The van der Waals surface area contributed by atoms with Crippen molar-refractivity contribution >= 4 is 19.8 Å². The van der Waals surface area contributed by atoms with Crippen molar-refractivity contribution in [3.8, 4) is 0 Å². The Balaban J connectivity index is 4.41. The van der Waals surface area contributed by atoms with Gasteiger partial charge in [0.25, 0.3) is 7.82 Å². The number of phosphoric acid groups is 1. The Morgan fingerprint density at radius 2 is 0.743 bits per heavy atom. The van der Waals surface area contributed by atoms with Crippen molar-refractivity contribution < 1.29 is 42.1 Å². The number of carbonyl (C=O) groups excluding carboxylic acids is 2. The van der Waals surface area contributed by atoms with E-state index in [1.165, 1.54) is 0 Å². The number of ether oxygens (including phenoxy) is 2. The summed E-state index contributed by atoms with van der Waals surface area (Å²) in [5.74, 6) is -0.944. The average Bonchev–Trinajstić information content (AvgIpc) is 3.36. The van der Waals surface area contributed by atoms with Gasteiger partial charge in [-0.1, -0.05) is 203 Å². The van der Waals surface area contributed by atoms with E-state index in [9.17, 15) is 19.0 Å². The minimum absolute atomic E-state index is 0.0564. The Kier molecular flexibility index (Phi) is 49.9. The van der Waals surface area contributed by atoms with Gasteiger partial charge >= 0.3 is 11.9 Å². The predicted molar refractivity (Wildman–Crippen MR) is 313 cm³/mol. The summed E-state index contributed by atoms with van der Waals surface area (Å²) in [6, 6.07) is 0. The van der Waals surface area contributed by atoms with Crippen LogP contribution in [0.15, 0.2) is 170 Å². The lowest BCUT2D eigenvalue weighted by molar-refractivity contribution is -0.870. The number of esters is 2. The predicted octanol–water partition coefficient (Wildman–Crippen LogP) is 16.8. The van der Waals surface area contributed by atoms with Crippen LogP contribution in [0, 0.1) is 0 Å². The number of carbonyl (C=O) groups is 2. The average molecular weight is 1040 g/mol. The Hall–Kier alpha value is -4.63. The summed E-state index contributed by atoms with van der Waals surface area (Å²) in [5.41, 5.74) is 0. The Bertz CT molecular complexity index is 1850. The number of phosphoric ester groups is 1. The number of quaternary nitrogens is 1. The van der Waals surface area contributed by atoms with E-state index in [4.69, 9.17) is 18.5 Å². The van der Waals surface area contributed by atoms with Crippen LogP contribution in [-0.2, 0) is 32.7 Å². The summed E-state index contributed by atoms with van der Waals surface area (Å²) in [5, 5.41) is 0. The maximum Gasteiger partial charge on any atom is 0.306 e. The number of allylic oxidation sites excluding steroid dienone is 28. The van der Waals surface area contributed by atoms with Crippen LogP contribution in [0.1, 0.15) is 168 Å². The van der Waals surface area contributed by atoms with Crippen molar-refractivity contribution in [2.75, 3.05) is 47.5 Å². The maximum atomic E-state index is 12.8. The second-order valence-electron chi connectivity index (χ2n) is 18.8.